The zero-order valence-electron chi connectivity index (χ0n) is 24.1. The fourth-order valence-corrected chi connectivity index (χ4v) is 7.74. The van der Waals surface area contributed by atoms with Crippen LogP contribution in [0.15, 0.2) is 47.6 Å². The number of carbonyl (C=O) groups is 3. The quantitative estimate of drug-likeness (QED) is 0.144. The number of unbranched alkanes of at least 4 members (excludes halogenated alkanes) is 3. The lowest BCUT2D eigenvalue weighted by Gasteiger charge is -2.48. The summed E-state index contributed by atoms with van der Waals surface area (Å²) in [6.07, 6.45) is 12.3. The van der Waals surface area contributed by atoms with E-state index in [9.17, 15) is 24.6 Å². The molecule has 1 spiro atoms. The van der Waals surface area contributed by atoms with Crippen molar-refractivity contribution in [3.8, 4) is 0 Å². The second-order valence-corrected chi connectivity index (χ2v) is 12.6. The number of ketones is 1. The van der Waals surface area contributed by atoms with Crippen molar-refractivity contribution in [2.75, 3.05) is 6.61 Å². The van der Waals surface area contributed by atoms with Gasteiger partial charge in [0.25, 0.3) is 0 Å². The molecule has 4 aliphatic rings. The molecule has 4 rings (SSSR count). The van der Waals surface area contributed by atoms with Crippen LogP contribution in [-0.4, -0.2) is 52.4 Å². The van der Waals surface area contributed by atoms with Crippen LogP contribution in [0.2, 0.25) is 0 Å². The molecule has 4 aliphatic carbocycles. The topological polar surface area (TPSA) is 110 Å². The van der Waals surface area contributed by atoms with Crippen LogP contribution in [0.3, 0.4) is 0 Å². The number of hydrogen-bond donors (Lipinski definition) is 2. The molecule has 0 unspecified atom stereocenters. The normalized spacial score (nSPS) is 38.4. The van der Waals surface area contributed by atoms with Crippen molar-refractivity contribution in [2.24, 2.45) is 34.5 Å². The van der Waals surface area contributed by atoms with Crippen molar-refractivity contribution in [1.29, 1.82) is 0 Å². The Kier molecular flexibility index (Phi) is 8.17. The van der Waals surface area contributed by atoms with Crippen molar-refractivity contribution < 1.29 is 34.1 Å². The van der Waals surface area contributed by atoms with Crippen LogP contribution in [0.5, 0.6) is 0 Å². The molecule has 0 amide bonds. The molecule has 7 nitrogen and oxygen atoms in total. The van der Waals surface area contributed by atoms with E-state index in [-0.39, 0.29) is 41.1 Å². The zero-order valence-corrected chi connectivity index (χ0v) is 24.1. The first-order valence-electron chi connectivity index (χ1n) is 14.4. The Labute approximate surface area is 232 Å². The SMILES string of the molecule is CCCCC/C=C\C=C\C(=O)O[C@H]1C(C)=C[C@]23C(=O)[C@@H](C=C(COC(C)=O)[C@@H](O)[C@]12O)[C@H]1[C@@H](C[C@H]3C)C1(C)C. The molecule has 2 saturated carbocycles. The Morgan fingerprint density at radius 3 is 2.59 bits per heavy atom. The van der Waals surface area contributed by atoms with Crippen LogP contribution in [0.1, 0.15) is 73.6 Å². The summed E-state index contributed by atoms with van der Waals surface area (Å²) < 4.78 is 11.1. The van der Waals surface area contributed by atoms with Gasteiger partial charge >= 0.3 is 11.9 Å². The number of ether oxygens (including phenoxy) is 2. The summed E-state index contributed by atoms with van der Waals surface area (Å²) in [4.78, 5) is 39.1. The summed E-state index contributed by atoms with van der Waals surface area (Å²) >= 11 is 0. The number of carbonyl (C=O) groups excluding carboxylic acids is 3. The molecule has 2 fully saturated rings. The van der Waals surface area contributed by atoms with Crippen LogP contribution < -0.4 is 0 Å². The van der Waals surface area contributed by atoms with Crippen molar-refractivity contribution in [2.45, 2.75) is 91.5 Å². The van der Waals surface area contributed by atoms with Gasteiger partial charge in [0.1, 0.15) is 12.7 Å². The lowest BCUT2D eigenvalue weighted by atomic mass is 9.59. The van der Waals surface area contributed by atoms with Gasteiger partial charge in [-0.25, -0.2) is 4.79 Å². The molecule has 2 N–H and O–H groups in total. The number of aliphatic hydroxyl groups is 2. The van der Waals surface area contributed by atoms with Gasteiger partial charge in [0.2, 0.25) is 0 Å². The average Bonchev–Trinajstić information content (AvgIpc) is 3.36. The molecule has 2 bridgehead atoms. The fourth-order valence-electron chi connectivity index (χ4n) is 7.74. The smallest absolute Gasteiger partial charge is 0.331 e. The summed E-state index contributed by atoms with van der Waals surface area (Å²) in [7, 11) is 0. The molecular weight excluding hydrogens is 496 g/mol. The van der Waals surface area contributed by atoms with Crippen LogP contribution in [0, 0.1) is 34.5 Å². The van der Waals surface area contributed by atoms with E-state index in [2.05, 4.69) is 20.8 Å². The van der Waals surface area contributed by atoms with E-state index in [0.717, 1.165) is 25.7 Å². The molecule has 0 aromatic heterocycles. The Morgan fingerprint density at radius 1 is 1.21 bits per heavy atom. The monoisotopic (exact) mass is 540 g/mol. The van der Waals surface area contributed by atoms with Crippen molar-refractivity contribution >= 4 is 17.7 Å². The molecule has 0 radical (unpaired) electrons. The van der Waals surface area contributed by atoms with Gasteiger partial charge in [0.05, 0.1) is 5.41 Å². The summed E-state index contributed by atoms with van der Waals surface area (Å²) in [5, 5.41) is 24.3. The van der Waals surface area contributed by atoms with Crippen LogP contribution >= 0.6 is 0 Å². The van der Waals surface area contributed by atoms with Gasteiger partial charge in [-0.1, -0.05) is 70.9 Å². The minimum atomic E-state index is -2.14. The van der Waals surface area contributed by atoms with E-state index in [1.54, 1.807) is 31.2 Å². The van der Waals surface area contributed by atoms with E-state index in [1.807, 2.05) is 13.0 Å². The summed E-state index contributed by atoms with van der Waals surface area (Å²) in [5.41, 5.74) is -2.87. The summed E-state index contributed by atoms with van der Waals surface area (Å²) in [5.74, 6) is -1.92. The maximum Gasteiger partial charge on any atom is 0.331 e. The number of Topliss-reactive ketones (excluding diaryl/α,β-unsaturated/α-hetero) is 1. The first-order chi connectivity index (χ1) is 18.3. The lowest BCUT2D eigenvalue weighted by molar-refractivity contribution is -0.201. The number of aliphatic hydroxyl groups excluding tert-OH is 1. The number of fused-ring (bicyclic) bond motifs is 3. The van der Waals surface area contributed by atoms with Gasteiger partial charge in [-0.15, -0.1) is 0 Å². The summed E-state index contributed by atoms with van der Waals surface area (Å²) in [6.45, 7) is 11.1. The Morgan fingerprint density at radius 2 is 1.92 bits per heavy atom. The third kappa shape index (κ3) is 4.76. The highest BCUT2D eigenvalue weighted by atomic mass is 16.6. The van der Waals surface area contributed by atoms with Gasteiger partial charge in [0, 0.05) is 18.9 Å². The molecule has 0 heterocycles. The van der Waals surface area contributed by atoms with Gasteiger partial charge in [0.15, 0.2) is 17.5 Å². The third-order valence-electron chi connectivity index (χ3n) is 9.84. The van der Waals surface area contributed by atoms with Gasteiger partial charge in [-0.05, 0) is 60.5 Å². The number of esters is 2. The highest BCUT2D eigenvalue weighted by Crippen LogP contribution is 2.71. The molecule has 7 heteroatoms. The first-order valence-corrected chi connectivity index (χ1v) is 14.4. The van der Waals surface area contributed by atoms with Gasteiger partial charge in [-0.2, -0.15) is 0 Å². The van der Waals surface area contributed by atoms with Crippen molar-refractivity contribution in [3.05, 3.63) is 47.6 Å². The van der Waals surface area contributed by atoms with Crippen molar-refractivity contribution in [3.63, 3.8) is 0 Å². The molecule has 0 aliphatic heterocycles. The predicted octanol–water partition coefficient (Wildman–Crippen LogP) is 4.63. The molecule has 0 aromatic carbocycles. The highest BCUT2D eigenvalue weighted by molar-refractivity contribution is 5.95. The van der Waals surface area contributed by atoms with Crippen LogP contribution in [-0.2, 0) is 23.9 Å². The minimum absolute atomic E-state index is 0.0519. The van der Waals surface area contributed by atoms with E-state index in [4.69, 9.17) is 9.47 Å². The second-order valence-electron chi connectivity index (χ2n) is 12.6. The van der Waals surface area contributed by atoms with Crippen LogP contribution in [0.25, 0.3) is 0 Å². The second kappa shape index (κ2) is 10.8. The largest absolute Gasteiger partial charge is 0.461 e. The molecular formula is C32H44O7. The lowest BCUT2D eigenvalue weighted by Crippen LogP contribution is -2.65. The Hall–Kier alpha value is -2.51. The molecule has 0 aromatic rings. The average molecular weight is 541 g/mol. The van der Waals surface area contributed by atoms with Gasteiger partial charge < -0.3 is 19.7 Å². The zero-order chi connectivity index (χ0) is 28.8. The number of allylic oxidation sites excluding steroid dienone is 4. The Balaban J connectivity index is 1.69. The third-order valence-corrected chi connectivity index (χ3v) is 9.84. The van der Waals surface area contributed by atoms with E-state index in [1.165, 1.54) is 13.0 Å². The highest BCUT2D eigenvalue weighted by Gasteiger charge is 2.76. The first kappa shape index (κ1) is 29.5. The Bertz CT molecular complexity index is 1130. The summed E-state index contributed by atoms with van der Waals surface area (Å²) in [6, 6.07) is 0. The van der Waals surface area contributed by atoms with Gasteiger partial charge in [-0.3, -0.25) is 9.59 Å². The molecule has 214 valence electrons. The van der Waals surface area contributed by atoms with Crippen molar-refractivity contribution in [1.82, 2.24) is 0 Å². The maximum atomic E-state index is 14.5. The number of hydrogen-bond acceptors (Lipinski definition) is 7. The number of rotatable bonds is 9. The molecule has 39 heavy (non-hydrogen) atoms. The fraction of sp³-hybridized carbons (Fsp3) is 0.656. The van der Waals surface area contributed by atoms with E-state index in [0.29, 0.717) is 12.0 Å². The minimum Gasteiger partial charge on any atom is -0.461 e. The van der Waals surface area contributed by atoms with E-state index >= 15 is 0 Å². The standard InChI is InChI=1S/C32H44O7/c1-7-8-9-10-11-12-13-14-25(34)39-29-19(2)17-31-20(3)15-24-26(30(24,5)6)23(28(31)36)16-22(18-38-21(4)33)27(35)32(29,31)37/h11-14,16-17,20,23-24,26-27,29,35,37H,7-10,15,18H2,1-6H3/b12-11-,14-13+/t20-,23+,24-,26+,27-,29+,31+,32+/m1/s1. The molecule has 0 saturated heterocycles. The maximum absolute atomic E-state index is 14.5. The molecule has 8 atom stereocenters. The van der Waals surface area contributed by atoms with Crippen LogP contribution in [0.4, 0.5) is 0 Å². The predicted molar refractivity (Wildman–Crippen MR) is 147 cm³/mol. The van der Waals surface area contributed by atoms with E-state index < -0.39 is 41.1 Å².